The van der Waals surface area contributed by atoms with E-state index in [4.69, 9.17) is 4.74 Å². The van der Waals surface area contributed by atoms with Crippen LogP contribution in [0.5, 0.6) is 5.75 Å². The standard InChI is InChI=1S/C16H15BrFNO3S/c1-10-7-11-8-12(17)3-5-14(11)19(10)23(20,21)16-9-13(18)4-6-15(16)22-2/h3-6,8-10H,7H2,1-2H3. The molecule has 2 aromatic carbocycles. The van der Waals surface area contributed by atoms with Gasteiger partial charge in [-0.15, -0.1) is 0 Å². The number of fused-ring (bicyclic) bond motifs is 1. The normalized spacial score (nSPS) is 17.2. The molecular formula is C16H15BrFNO3S. The van der Waals surface area contributed by atoms with Crippen LogP contribution in [0, 0.1) is 5.82 Å². The second-order valence-corrected chi connectivity index (χ2v) is 8.12. The molecule has 0 saturated heterocycles. The monoisotopic (exact) mass is 399 g/mol. The van der Waals surface area contributed by atoms with E-state index in [1.807, 2.05) is 13.0 Å². The predicted octanol–water partition coefficient (Wildman–Crippen LogP) is 3.74. The van der Waals surface area contributed by atoms with Gasteiger partial charge in [-0.3, -0.25) is 4.31 Å². The number of rotatable bonds is 3. The summed E-state index contributed by atoms with van der Waals surface area (Å²) in [7, 11) is -2.56. The number of hydrogen-bond donors (Lipinski definition) is 0. The van der Waals surface area contributed by atoms with Crippen LogP contribution in [-0.2, 0) is 16.4 Å². The highest BCUT2D eigenvalue weighted by Gasteiger charge is 2.37. The molecule has 122 valence electrons. The average Bonchev–Trinajstić information content (AvgIpc) is 2.82. The van der Waals surface area contributed by atoms with Crippen LogP contribution in [0.1, 0.15) is 12.5 Å². The zero-order chi connectivity index (χ0) is 16.8. The fourth-order valence-electron chi connectivity index (χ4n) is 2.90. The molecule has 0 saturated carbocycles. The van der Waals surface area contributed by atoms with E-state index in [1.54, 1.807) is 12.1 Å². The van der Waals surface area contributed by atoms with Crippen LogP contribution in [-0.4, -0.2) is 21.6 Å². The van der Waals surface area contributed by atoms with Gasteiger partial charge in [0.15, 0.2) is 0 Å². The van der Waals surface area contributed by atoms with Crippen LogP contribution >= 0.6 is 15.9 Å². The summed E-state index contributed by atoms with van der Waals surface area (Å²) < 4.78 is 47.1. The third kappa shape index (κ3) is 2.72. The van der Waals surface area contributed by atoms with Crippen LogP contribution in [0.4, 0.5) is 10.1 Å². The molecule has 0 fully saturated rings. The lowest BCUT2D eigenvalue weighted by atomic mass is 10.1. The zero-order valence-corrected chi connectivity index (χ0v) is 15.0. The van der Waals surface area contributed by atoms with E-state index in [0.717, 1.165) is 16.1 Å². The lowest BCUT2D eigenvalue weighted by molar-refractivity contribution is 0.400. The second-order valence-electron chi connectivity index (χ2n) is 5.42. The number of hydrogen-bond acceptors (Lipinski definition) is 3. The van der Waals surface area contributed by atoms with Crippen molar-refractivity contribution >= 4 is 31.6 Å². The van der Waals surface area contributed by atoms with Crippen molar-refractivity contribution in [1.82, 2.24) is 0 Å². The Labute approximate surface area is 143 Å². The zero-order valence-electron chi connectivity index (χ0n) is 12.6. The Bertz CT molecular complexity index is 870. The topological polar surface area (TPSA) is 46.6 Å². The van der Waals surface area contributed by atoms with E-state index in [0.29, 0.717) is 12.1 Å². The largest absolute Gasteiger partial charge is 0.495 e. The molecule has 23 heavy (non-hydrogen) atoms. The van der Waals surface area contributed by atoms with Gasteiger partial charge in [-0.1, -0.05) is 15.9 Å². The van der Waals surface area contributed by atoms with Gasteiger partial charge >= 0.3 is 0 Å². The van der Waals surface area contributed by atoms with Crippen LogP contribution in [0.3, 0.4) is 0 Å². The van der Waals surface area contributed by atoms with Gasteiger partial charge in [-0.05, 0) is 55.3 Å². The van der Waals surface area contributed by atoms with E-state index in [2.05, 4.69) is 15.9 Å². The van der Waals surface area contributed by atoms with Gasteiger partial charge < -0.3 is 4.74 Å². The molecule has 1 heterocycles. The Morgan fingerprint density at radius 1 is 1.26 bits per heavy atom. The van der Waals surface area contributed by atoms with Crippen molar-refractivity contribution in [3.63, 3.8) is 0 Å². The molecule has 7 heteroatoms. The third-order valence-corrected chi connectivity index (χ3v) is 6.30. The summed E-state index contributed by atoms with van der Waals surface area (Å²) in [5, 5.41) is 0. The number of sulfonamides is 1. The number of ether oxygens (including phenoxy) is 1. The Morgan fingerprint density at radius 2 is 2.00 bits per heavy atom. The molecule has 2 aromatic rings. The molecule has 4 nitrogen and oxygen atoms in total. The number of nitrogens with zero attached hydrogens (tertiary/aromatic N) is 1. The van der Waals surface area contributed by atoms with Gasteiger partial charge in [0.2, 0.25) is 0 Å². The number of methoxy groups -OCH3 is 1. The lowest BCUT2D eigenvalue weighted by Gasteiger charge is -2.25. The van der Waals surface area contributed by atoms with Gasteiger partial charge in [0, 0.05) is 10.5 Å². The Kier molecular flexibility index (Phi) is 4.10. The van der Waals surface area contributed by atoms with Crippen molar-refractivity contribution < 1.29 is 17.5 Å². The first kappa shape index (κ1) is 16.3. The van der Waals surface area contributed by atoms with E-state index in [-0.39, 0.29) is 16.7 Å². The summed E-state index contributed by atoms with van der Waals surface area (Å²) in [6.07, 6.45) is 0.603. The van der Waals surface area contributed by atoms with Crippen molar-refractivity contribution in [3.05, 3.63) is 52.3 Å². The molecule has 1 atom stereocenters. The van der Waals surface area contributed by atoms with Crippen molar-refractivity contribution in [3.8, 4) is 5.75 Å². The summed E-state index contributed by atoms with van der Waals surface area (Å²) in [5.74, 6) is -0.489. The van der Waals surface area contributed by atoms with Crippen molar-refractivity contribution in [2.75, 3.05) is 11.4 Å². The fraction of sp³-hybridized carbons (Fsp3) is 0.250. The average molecular weight is 400 g/mol. The quantitative estimate of drug-likeness (QED) is 0.789. The lowest BCUT2D eigenvalue weighted by Crippen LogP contribution is -2.36. The van der Waals surface area contributed by atoms with E-state index < -0.39 is 15.8 Å². The van der Waals surface area contributed by atoms with Crippen LogP contribution < -0.4 is 9.04 Å². The van der Waals surface area contributed by atoms with Gasteiger partial charge in [0.05, 0.1) is 12.8 Å². The summed E-state index contributed by atoms with van der Waals surface area (Å²) in [6.45, 7) is 1.83. The molecule has 0 amide bonds. The van der Waals surface area contributed by atoms with Gasteiger partial charge in [0.1, 0.15) is 16.5 Å². The first-order chi connectivity index (χ1) is 10.8. The minimum atomic E-state index is -3.93. The molecule has 0 radical (unpaired) electrons. The molecule has 0 bridgehead atoms. The van der Waals surface area contributed by atoms with Crippen LogP contribution in [0.25, 0.3) is 0 Å². The maximum Gasteiger partial charge on any atom is 0.268 e. The summed E-state index contributed by atoms with van der Waals surface area (Å²) in [5.41, 5.74) is 1.55. The van der Waals surface area contributed by atoms with Crippen LogP contribution in [0.2, 0.25) is 0 Å². The number of benzene rings is 2. The first-order valence-electron chi connectivity index (χ1n) is 7.01. The Balaban J connectivity index is 2.17. The Morgan fingerprint density at radius 3 is 2.70 bits per heavy atom. The Hall–Kier alpha value is -1.60. The molecule has 0 spiro atoms. The first-order valence-corrected chi connectivity index (χ1v) is 9.24. The molecule has 3 rings (SSSR count). The third-order valence-electron chi connectivity index (χ3n) is 3.86. The summed E-state index contributed by atoms with van der Waals surface area (Å²) >= 11 is 3.39. The summed E-state index contributed by atoms with van der Waals surface area (Å²) in [4.78, 5) is -0.164. The molecule has 1 aliphatic heterocycles. The molecule has 1 unspecified atom stereocenters. The highest BCUT2D eigenvalue weighted by atomic mass is 79.9. The SMILES string of the molecule is COc1ccc(F)cc1S(=O)(=O)N1c2ccc(Br)cc2CC1C. The fourth-order valence-corrected chi connectivity index (χ4v) is 5.17. The maximum absolute atomic E-state index is 13.6. The minimum absolute atomic E-state index is 0.129. The van der Waals surface area contributed by atoms with Crippen molar-refractivity contribution in [2.24, 2.45) is 0 Å². The van der Waals surface area contributed by atoms with E-state index in [1.165, 1.54) is 23.5 Å². The molecule has 0 N–H and O–H groups in total. The van der Waals surface area contributed by atoms with Gasteiger partial charge in [-0.25, -0.2) is 12.8 Å². The van der Waals surface area contributed by atoms with E-state index >= 15 is 0 Å². The molecule has 0 aliphatic carbocycles. The second kappa shape index (κ2) is 5.79. The maximum atomic E-state index is 13.6. The number of anilines is 1. The minimum Gasteiger partial charge on any atom is -0.495 e. The number of halogens is 2. The highest BCUT2D eigenvalue weighted by molar-refractivity contribution is 9.10. The van der Waals surface area contributed by atoms with Gasteiger partial charge in [0.25, 0.3) is 10.0 Å². The summed E-state index contributed by atoms with van der Waals surface area (Å²) in [6, 6.07) is 8.70. The molecular weight excluding hydrogens is 385 g/mol. The molecule has 1 aliphatic rings. The highest BCUT2D eigenvalue weighted by Crippen LogP contribution is 2.39. The van der Waals surface area contributed by atoms with Crippen molar-refractivity contribution in [1.29, 1.82) is 0 Å². The predicted molar refractivity (Wildman–Crippen MR) is 89.9 cm³/mol. The van der Waals surface area contributed by atoms with Crippen molar-refractivity contribution in [2.45, 2.75) is 24.3 Å². The van der Waals surface area contributed by atoms with E-state index in [9.17, 15) is 12.8 Å². The smallest absolute Gasteiger partial charge is 0.268 e. The van der Waals surface area contributed by atoms with Crippen LogP contribution in [0.15, 0.2) is 45.8 Å². The van der Waals surface area contributed by atoms with Gasteiger partial charge in [-0.2, -0.15) is 0 Å². The molecule has 0 aromatic heterocycles.